The number of ketones is 2. The molecule has 0 aliphatic heterocycles. The minimum absolute atomic E-state index is 0.00319. The van der Waals surface area contributed by atoms with Gasteiger partial charge in [0.25, 0.3) is 0 Å². The highest BCUT2D eigenvalue weighted by Crippen LogP contribution is 2.46. The van der Waals surface area contributed by atoms with E-state index >= 15 is 0 Å². The van der Waals surface area contributed by atoms with Gasteiger partial charge in [-0.15, -0.1) is 0 Å². The highest BCUT2D eigenvalue weighted by atomic mass is 79.9. The summed E-state index contributed by atoms with van der Waals surface area (Å²) in [5.41, 5.74) is 0.449. The van der Waals surface area contributed by atoms with E-state index in [9.17, 15) is 14.7 Å². The van der Waals surface area contributed by atoms with Gasteiger partial charge in [0.2, 0.25) is 0 Å². The molecular formula is C14H5BrCl2O3. The molecule has 0 aromatic heterocycles. The van der Waals surface area contributed by atoms with Crippen molar-refractivity contribution in [3.05, 3.63) is 61.0 Å². The summed E-state index contributed by atoms with van der Waals surface area (Å²) < 4.78 is 0.213. The summed E-state index contributed by atoms with van der Waals surface area (Å²) in [5.74, 6) is -1.30. The second kappa shape index (κ2) is 4.58. The van der Waals surface area contributed by atoms with E-state index in [1.165, 1.54) is 6.07 Å². The second-order valence-corrected chi connectivity index (χ2v) is 5.79. The standard InChI is InChI=1S/C14H5BrCl2O3/c15-9-7-8(14(20)11(17)10(9)16)13(19)6-4-2-1-3-5(6)12(7)18/h1-4,20H. The molecule has 0 atom stereocenters. The Labute approximate surface area is 132 Å². The molecule has 3 rings (SSSR count). The first-order valence-electron chi connectivity index (χ1n) is 5.53. The Morgan fingerprint density at radius 1 is 0.900 bits per heavy atom. The maximum absolute atomic E-state index is 12.5. The fourth-order valence-corrected chi connectivity index (χ4v) is 3.29. The average Bonchev–Trinajstić information content (AvgIpc) is 2.46. The van der Waals surface area contributed by atoms with E-state index in [0.717, 1.165) is 0 Å². The second-order valence-electron chi connectivity index (χ2n) is 4.24. The molecule has 1 aliphatic rings. The Hall–Kier alpha value is -1.36. The number of rotatable bonds is 0. The minimum atomic E-state index is -0.470. The zero-order valence-electron chi connectivity index (χ0n) is 9.71. The third kappa shape index (κ3) is 1.65. The Morgan fingerprint density at radius 2 is 1.40 bits per heavy atom. The minimum Gasteiger partial charge on any atom is -0.506 e. The maximum Gasteiger partial charge on any atom is 0.198 e. The SMILES string of the molecule is O=C1c2ccccc2C(=O)c2c(Br)c(Cl)c(Cl)c(O)c21. The van der Waals surface area contributed by atoms with Crippen LogP contribution < -0.4 is 0 Å². The lowest BCUT2D eigenvalue weighted by molar-refractivity contribution is 0.0976. The Bertz CT molecular complexity index is 733. The molecule has 0 spiro atoms. The Balaban J connectivity index is 2.46. The van der Waals surface area contributed by atoms with Crippen molar-refractivity contribution in [2.24, 2.45) is 0 Å². The quantitative estimate of drug-likeness (QED) is 0.601. The molecule has 100 valence electrons. The summed E-state index contributed by atoms with van der Waals surface area (Å²) in [5, 5.41) is 9.90. The predicted molar refractivity (Wildman–Crippen MR) is 79.1 cm³/mol. The van der Waals surface area contributed by atoms with E-state index < -0.39 is 11.5 Å². The van der Waals surface area contributed by atoms with Crippen LogP contribution in [0.2, 0.25) is 10.0 Å². The maximum atomic E-state index is 12.5. The van der Waals surface area contributed by atoms with Crippen LogP contribution in [0.5, 0.6) is 5.75 Å². The van der Waals surface area contributed by atoms with Crippen LogP contribution in [-0.4, -0.2) is 16.7 Å². The van der Waals surface area contributed by atoms with Crippen molar-refractivity contribution in [3.63, 3.8) is 0 Å². The lowest BCUT2D eigenvalue weighted by Gasteiger charge is -2.20. The number of carbonyl (C=O) groups excluding carboxylic acids is 2. The van der Waals surface area contributed by atoms with E-state index in [-0.39, 0.29) is 42.6 Å². The van der Waals surface area contributed by atoms with Gasteiger partial charge in [-0.2, -0.15) is 0 Å². The van der Waals surface area contributed by atoms with Crippen molar-refractivity contribution < 1.29 is 14.7 Å². The Kier molecular flexibility index (Phi) is 3.12. The number of benzene rings is 2. The van der Waals surface area contributed by atoms with Gasteiger partial charge in [-0.3, -0.25) is 9.59 Å². The number of aromatic hydroxyl groups is 1. The van der Waals surface area contributed by atoms with Crippen LogP contribution >= 0.6 is 39.1 Å². The monoisotopic (exact) mass is 370 g/mol. The number of phenols is 1. The molecule has 0 amide bonds. The van der Waals surface area contributed by atoms with Crippen molar-refractivity contribution in [1.82, 2.24) is 0 Å². The molecule has 0 heterocycles. The van der Waals surface area contributed by atoms with Gasteiger partial charge in [-0.05, 0) is 15.9 Å². The number of phenolic OH excluding ortho intramolecular Hbond substituents is 1. The van der Waals surface area contributed by atoms with Gasteiger partial charge in [0.1, 0.15) is 10.8 Å². The summed E-state index contributed by atoms with van der Waals surface area (Å²) in [6.45, 7) is 0. The molecule has 1 N–H and O–H groups in total. The van der Waals surface area contributed by atoms with Crippen molar-refractivity contribution >= 4 is 50.7 Å². The number of halogens is 3. The first-order valence-corrected chi connectivity index (χ1v) is 7.08. The first kappa shape index (κ1) is 13.6. The lowest BCUT2D eigenvalue weighted by Crippen LogP contribution is -2.21. The van der Waals surface area contributed by atoms with Gasteiger partial charge in [-0.1, -0.05) is 47.5 Å². The molecule has 2 aromatic rings. The van der Waals surface area contributed by atoms with Crippen LogP contribution in [0.3, 0.4) is 0 Å². The predicted octanol–water partition coefficient (Wildman–Crippen LogP) is 4.24. The normalized spacial score (nSPS) is 13.2. The molecule has 3 nitrogen and oxygen atoms in total. The van der Waals surface area contributed by atoms with Crippen molar-refractivity contribution in [2.45, 2.75) is 0 Å². The molecule has 6 heteroatoms. The third-order valence-electron chi connectivity index (χ3n) is 3.17. The lowest BCUT2D eigenvalue weighted by atomic mass is 9.83. The number of fused-ring (bicyclic) bond motifs is 2. The van der Waals surface area contributed by atoms with Crippen LogP contribution in [0.15, 0.2) is 28.7 Å². The summed E-state index contributed by atoms with van der Waals surface area (Å²) in [6, 6.07) is 6.41. The highest BCUT2D eigenvalue weighted by molar-refractivity contribution is 9.10. The topological polar surface area (TPSA) is 54.4 Å². The van der Waals surface area contributed by atoms with Crippen molar-refractivity contribution in [1.29, 1.82) is 0 Å². The number of hydrogen-bond acceptors (Lipinski definition) is 3. The smallest absolute Gasteiger partial charge is 0.198 e. The zero-order chi connectivity index (χ0) is 14.6. The number of hydrogen-bond donors (Lipinski definition) is 1. The van der Waals surface area contributed by atoms with Gasteiger partial charge in [0.15, 0.2) is 11.6 Å². The summed E-state index contributed by atoms with van der Waals surface area (Å²) >= 11 is 15.0. The fraction of sp³-hybridized carbons (Fsp3) is 0. The highest BCUT2D eigenvalue weighted by Gasteiger charge is 2.36. The molecule has 2 aromatic carbocycles. The van der Waals surface area contributed by atoms with Crippen LogP contribution in [0.4, 0.5) is 0 Å². The molecule has 0 saturated heterocycles. The molecule has 0 saturated carbocycles. The molecule has 0 unspecified atom stereocenters. The summed E-state index contributed by atoms with van der Waals surface area (Å²) in [7, 11) is 0. The van der Waals surface area contributed by atoms with Gasteiger partial charge in [0.05, 0.1) is 16.1 Å². The number of carbonyl (C=O) groups is 2. The van der Waals surface area contributed by atoms with Gasteiger partial charge in [-0.25, -0.2) is 0 Å². The van der Waals surface area contributed by atoms with Gasteiger partial charge >= 0.3 is 0 Å². The van der Waals surface area contributed by atoms with E-state index in [0.29, 0.717) is 0 Å². The molecule has 0 fully saturated rings. The molecule has 0 bridgehead atoms. The van der Waals surface area contributed by atoms with E-state index in [1.807, 2.05) is 0 Å². The van der Waals surface area contributed by atoms with Gasteiger partial charge < -0.3 is 5.11 Å². The van der Waals surface area contributed by atoms with E-state index in [2.05, 4.69) is 15.9 Å². The van der Waals surface area contributed by atoms with Crippen LogP contribution in [0, 0.1) is 0 Å². The van der Waals surface area contributed by atoms with Crippen molar-refractivity contribution in [3.8, 4) is 5.75 Å². The summed E-state index contributed by atoms with van der Waals surface area (Å²) in [6.07, 6.45) is 0. The van der Waals surface area contributed by atoms with E-state index in [4.69, 9.17) is 23.2 Å². The summed E-state index contributed by atoms with van der Waals surface area (Å²) in [4.78, 5) is 25.0. The molecule has 0 radical (unpaired) electrons. The van der Waals surface area contributed by atoms with Crippen LogP contribution in [0.25, 0.3) is 0 Å². The largest absolute Gasteiger partial charge is 0.506 e. The first-order chi connectivity index (χ1) is 9.45. The molecular weight excluding hydrogens is 367 g/mol. The van der Waals surface area contributed by atoms with Crippen LogP contribution in [-0.2, 0) is 0 Å². The fourth-order valence-electron chi connectivity index (χ4n) is 2.23. The zero-order valence-corrected chi connectivity index (χ0v) is 12.8. The van der Waals surface area contributed by atoms with Crippen LogP contribution in [0.1, 0.15) is 31.8 Å². The average molecular weight is 372 g/mol. The van der Waals surface area contributed by atoms with E-state index in [1.54, 1.807) is 18.2 Å². The van der Waals surface area contributed by atoms with Gasteiger partial charge in [0, 0.05) is 15.6 Å². The Morgan fingerprint density at radius 3 is 1.95 bits per heavy atom. The molecule has 1 aliphatic carbocycles. The van der Waals surface area contributed by atoms with Crippen molar-refractivity contribution in [2.75, 3.05) is 0 Å². The third-order valence-corrected chi connectivity index (χ3v) is 5.03. The molecule has 20 heavy (non-hydrogen) atoms.